The Kier molecular flexibility index (Phi) is 5.95. The number of hydrogen-bond donors (Lipinski definition) is 2. The fourth-order valence-corrected chi connectivity index (χ4v) is 2.11. The molecule has 0 radical (unpaired) electrons. The maximum Gasteiger partial charge on any atom is 0.330 e. The SMILES string of the molecule is C=C(C)CC(C)C(=O)NC(C(=O)O)c1ccc(Br)cc1. The van der Waals surface area contributed by atoms with Gasteiger partial charge in [-0.3, -0.25) is 4.79 Å². The van der Waals surface area contributed by atoms with Crippen molar-refractivity contribution in [3.05, 3.63) is 46.5 Å². The largest absolute Gasteiger partial charge is 0.479 e. The lowest BCUT2D eigenvalue weighted by Crippen LogP contribution is -2.37. The van der Waals surface area contributed by atoms with Crippen molar-refractivity contribution in [2.45, 2.75) is 26.3 Å². The fraction of sp³-hybridized carbons (Fsp3) is 0.333. The van der Waals surface area contributed by atoms with Crippen LogP contribution in [0.2, 0.25) is 0 Å². The molecule has 0 saturated heterocycles. The van der Waals surface area contributed by atoms with E-state index in [4.69, 9.17) is 0 Å². The molecule has 2 unspecified atom stereocenters. The number of rotatable bonds is 6. The van der Waals surface area contributed by atoms with Crippen LogP contribution in [-0.4, -0.2) is 17.0 Å². The van der Waals surface area contributed by atoms with Gasteiger partial charge < -0.3 is 10.4 Å². The zero-order valence-electron chi connectivity index (χ0n) is 11.5. The first-order valence-electron chi connectivity index (χ1n) is 6.24. The summed E-state index contributed by atoms with van der Waals surface area (Å²) in [7, 11) is 0. The number of carboxylic acid groups (broad SMARTS) is 1. The second-order valence-electron chi connectivity index (χ2n) is 4.89. The summed E-state index contributed by atoms with van der Waals surface area (Å²) < 4.78 is 0.854. The average Bonchev–Trinajstić information content (AvgIpc) is 2.35. The van der Waals surface area contributed by atoms with Gasteiger partial charge in [-0.05, 0) is 31.0 Å². The number of amides is 1. The average molecular weight is 340 g/mol. The molecule has 1 amide bonds. The summed E-state index contributed by atoms with van der Waals surface area (Å²) >= 11 is 3.29. The van der Waals surface area contributed by atoms with Crippen LogP contribution in [0.5, 0.6) is 0 Å². The van der Waals surface area contributed by atoms with Gasteiger partial charge in [0.05, 0.1) is 0 Å². The zero-order valence-corrected chi connectivity index (χ0v) is 13.1. The van der Waals surface area contributed by atoms with E-state index in [9.17, 15) is 14.7 Å². The summed E-state index contributed by atoms with van der Waals surface area (Å²) in [4.78, 5) is 23.3. The van der Waals surface area contributed by atoms with Gasteiger partial charge in [0.15, 0.2) is 6.04 Å². The van der Waals surface area contributed by atoms with E-state index in [0.717, 1.165) is 10.0 Å². The molecule has 2 atom stereocenters. The molecule has 0 aliphatic carbocycles. The maximum absolute atomic E-state index is 12.0. The van der Waals surface area contributed by atoms with Crippen LogP contribution in [0.3, 0.4) is 0 Å². The van der Waals surface area contributed by atoms with E-state index in [0.29, 0.717) is 12.0 Å². The molecular weight excluding hydrogens is 322 g/mol. The minimum absolute atomic E-state index is 0.289. The minimum atomic E-state index is -1.08. The summed E-state index contributed by atoms with van der Waals surface area (Å²) in [5.41, 5.74) is 1.43. The van der Waals surface area contributed by atoms with E-state index in [2.05, 4.69) is 27.8 Å². The monoisotopic (exact) mass is 339 g/mol. The van der Waals surface area contributed by atoms with Crippen molar-refractivity contribution in [1.29, 1.82) is 0 Å². The van der Waals surface area contributed by atoms with Crippen LogP contribution in [-0.2, 0) is 9.59 Å². The van der Waals surface area contributed by atoms with Crippen LogP contribution in [0.15, 0.2) is 40.9 Å². The van der Waals surface area contributed by atoms with Gasteiger partial charge in [0.2, 0.25) is 5.91 Å². The van der Waals surface area contributed by atoms with Gasteiger partial charge in [-0.25, -0.2) is 4.79 Å². The molecular formula is C15H18BrNO3. The first-order valence-corrected chi connectivity index (χ1v) is 7.03. The second-order valence-corrected chi connectivity index (χ2v) is 5.81. The number of hydrogen-bond acceptors (Lipinski definition) is 2. The summed E-state index contributed by atoms with van der Waals surface area (Å²) in [6.07, 6.45) is 0.540. The van der Waals surface area contributed by atoms with E-state index in [1.54, 1.807) is 31.2 Å². The lowest BCUT2D eigenvalue weighted by molar-refractivity contribution is -0.142. The topological polar surface area (TPSA) is 66.4 Å². The Hall–Kier alpha value is -1.62. The van der Waals surface area contributed by atoms with Crippen molar-refractivity contribution < 1.29 is 14.7 Å². The van der Waals surface area contributed by atoms with Crippen molar-refractivity contribution in [2.75, 3.05) is 0 Å². The first-order chi connectivity index (χ1) is 9.31. The molecule has 4 nitrogen and oxygen atoms in total. The third-order valence-corrected chi connectivity index (χ3v) is 3.37. The lowest BCUT2D eigenvalue weighted by atomic mass is 10.0. The van der Waals surface area contributed by atoms with Gasteiger partial charge in [-0.1, -0.05) is 40.6 Å². The molecule has 0 aromatic heterocycles. The molecule has 108 valence electrons. The molecule has 2 N–H and O–H groups in total. The highest BCUT2D eigenvalue weighted by Crippen LogP contribution is 2.18. The minimum Gasteiger partial charge on any atom is -0.479 e. The Labute approximate surface area is 127 Å². The number of carboxylic acids is 1. The smallest absolute Gasteiger partial charge is 0.330 e. The molecule has 1 rings (SSSR count). The number of carbonyl (C=O) groups excluding carboxylic acids is 1. The molecule has 1 aromatic carbocycles. The lowest BCUT2D eigenvalue weighted by Gasteiger charge is -2.18. The van der Waals surface area contributed by atoms with E-state index >= 15 is 0 Å². The van der Waals surface area contributed by atoms with Gasteiger partial charge >= 0.3 is 5.97 Å². The van der Waals surface area contributed by atoms with Gasteiger partial charge in [-0.2, -0.15) is 0 Å². The van der Waals surface area contributed by atoms with Gasteiger partial charge in [-0.15, -0.1) is 6.58 Å². The van der Waals surface area contributed by atoms with Crippen LogP contribution in [0.4, 0.5) is 0 Å². The van der Waals surface area contributed by atoms with E-state index < -0.39 is 12.0 Å². The fourth-order valence-electron chi connectivity index (χ4n) is 1.84. The van der Waals surface area contributed by atoms with Gasteiger partial charge in [0, 0.05) is 10.4 Å². The van der Waals surface area contributed by atoms with Gasteiger partial charge in [0.1, 0.15) is 0 Å². The number of benzene rings is 1. The van der Waals surface area contributed by atoms with Crippen LogP contribution < -0.4 is 5.32 Å². The normalized spacial score (nSPS) is 13.3. The molecule has 0 aliphatic heterocycles. The van der Waals surface area contributed by atoms with Gasteiger partial charge in [0.25, 0.3) is 0 Å². The number of nitrogens with one attached hydrogen (secondary N) is 1. The highest BCUT2D eigenvalue weighted by molar-refractivity contribution is 9.10. The molecule has 0 saturated carbocycles. The number of carbonyl (C=O) groups is 2. The van der Waals surface area contributed by atoms with Crippen molar-refractivity contribution >= 4 is 27.8 Å². The molecule has 0 aliphatic rings. The molecule has 0 heterocycles. The molecule has 1 aromatic rings. The third-order valence-electron chi connectivity index (χ3n) is 2.84. The third kappa shape index (κ3) is 4.81. The van der Waals surface area contributed by atoms with E-state index in [1.165, 1.54) is 0 Å². The van der Waals surface area contributed by atoms with Crippen molar-refractivity contribution in [2.24, 2.45) is 5.92 Å². The highest BCUT2D eigenvalue weighted by atomic mass is 79.9. The summed E-state index contributed by atoms with van der Waals surface area (Å²) in [6.45, 7) is 7.35. The highest BCUT2D eigenvalue weighted by Gasteiger charge is 2.24. The number of allylic oxidation sites excluding steroid dienone is 1. The quantitative estimate of drug-likeness (QED) is 0.781. The summed E-state index contributed by atoms with van der Waals surface area (Å²) in [6, 6.07) is 5.80. The van der Waals surface area contributed by atoms with Crippen LogP contribution in [0.1, 0.15) is 31.9 Å². The van der Waals surface area contributed by atoms with Crippen LogP contribution in [0, 0.1) is 5.92 Å². The Bertz CT molecular complexity index is 510. The Morgan fingerprint density at radius 1 is 1.35 bits per heavy atom. The van der Waals surface area contributed by atoms with E-state index in [1.807, 2.05) is 6.92 Å². The molecule has 20 heavy (non-hydrogen) atoms. The molecule has 0 bridgehead atoms. The zero-order chi connectivity index (χ0) is 15.3. The molecule has 0 fully saturated rings. The number of halogens is 1. The molecule has 5 heteroatoms. The molecule has 0 spiro atoms. The summed E-state index contributed by atoms with van der Waals surface area (Å²) in [5.74, 6) is -1.67. The predicted molar refractivity (Wildman–Crippen MR) is 81.3 cm³/mol. The van der Waals surface area contributed by atoms with Crippen molar-refractivity contribution in [3.8, 4) is 0 Å². The predicted octanol–water partition coefficient (Wildman–Crippen LogP) is 3.29. The van der Waals surface area contributed by atoms with Crippen molar-refractivity contribution in [1.82, 2.24) is 5.32 Å². The Balaban J connectivity index is 2.83. The van der Waals surface area contributed by atoms with Crippen molar-refractivity contribution in [3.63, 3.8) is 0 Å². The first kappa shape index (κ1) is 16.4. The maximum atomic E-state index is 12.0. The van der Waals surface area contributed by atoms with Crippen LogP contribution >= 0.6 is 15.9 Å². The summed E-state index contributed by atoms with van der Waals surface area (Å²) in [5, 5.41) is 11.8. The second kappa shape index (κ2) is 7.24. The van der Waals surface area contributed by atoms with E-state index in [-0.39, 0.29) is 11.8 Å². The Morgan fingerprint density at radius 2 is 1.90 bits per heavy atom. The standard InChI is InChI=1S/C15H18BrNO3/c1-9(2)8-10(3)14(18)17-13(15(19)20)11-4-6-12(16)7-5-11/h4-7,10,13H,1,8H2,2-3H3,(H,17,18)(H,19,20). The Morgan fingerprint density at radius 3 is 2.35 bits per heavy atom. The number of aliphatic carboxylic acids is 1. The van der Waals surface area contributed by atoms with Crippen LogP contribution in [0.25, 0.3) is 0 Å².